The van der Waals surface area contributed by atoms with E-state index >= 15 is 0 Å². The Labute approximate surface area is 88.6 Å². The highest BCUT2D eigenvalue weighted by molar-refractivity contribution is 14.1. The molecule has 0 aliphatic heterocycles. The number of alkyl halides is 1. The van der Waals surface area contributed by atoms with Crippen molar-refractivity contribution >= 4 is 33.9 Å². The first-order chi connectivity index (χ1) is 5.69. The summed E-state index contributed by atoms with van der Waals surface area (Å²) < 4.78 is 0.332. The first kappa shape index (κ1) is 10.4. The minimum absolute atomic E-state index is 0.0308. The predicted octanol–water partition coefficient (Wildman–Crippen LogP) is 1.62. The zero-order valence-corrected chi connectivity index (χ0v) is 9.59. The highest BCUT2D eigenvalue weighted by atomic mass is 127. The van der Waals surface area contributed by atoms with Crippen molar-refractivity contribution < 1.29 is 10.2 Å². The van der Waals surface area contributed by atoms with Crippen LogP contribution in [0.4, 0.5) is 0 Å². The van der Waals surface area contributed by atoms with Crippen LogP contribution >= 0.6 is 33.9 Å². The largest absolute Gasteiger partial charge is 0.391 e. The third-order valence-electron chi connectivity index (χ3n) is 1.43. The van der Waals surface area contributed by atoms with Gasteiger partial charge in [0.2, 0.25) is 0 Å². The number of nitrogens with zero attached hydrogens (tertiary/aromatic N) is 1. The van der Waals surface area contributed by atoms with E-state index in [4.69, 9.17) is 10.2 Å². The number of aliphatic hydroxyl groups is 2. The van der Waals surface area contributed by atoms with Crippen LogP contribution in [-0.4, -0.2) is 15.2 Å². The molecule has 0 fully saturated rings. The molecule has 0 saturated heterocycles. The molecule has 0 aromatic carbocycles. The lowest BCUT2D eigenvalue weighted by Crippen LogP contribution is -1.90. The zero-order valence-electron chi connectivity index (χ0n) is 6.62. The van der Waals surface area contributed by atoms with E-state index in [1.54, 1.807) is 0 Å². The molecule has 1 unspecified atom stereocenters. The van der Waals surface area contributed by atoms with Crippen molar-refractivity contribution in [2.24, 2.45) is 0 Å². The van der Waals surface area contributed by atoms with Gasteiger partial charge in [-0.2, -0.15) is 0 Å². The van der Waals surface area contributed by atoms with Crippen molar-refractivity contribution in [3.8, 4) is 0 Å². The first-order valence-electron chi connectivity index (χ1n) is 3.53. The summed E-state index contributed by atoms with van der Waals surface area (Å²) >= 11 is 3.72. The van der Waals surface area contributed by atoms with E-state index in [-0.39, 0.29) is 13.2 Å². The second-order valence-electron chi connectivity index (χ2n) is 2.35. The van der Waals surface area contributed by atoms with Gasteiger partial charge >= 0.3 is 0 Å². The van der Waals surface area contributed by atoms with Crippen LogP contribution in [-0.2, 0) is 13.2 Å². The van der Waals surface area contributed by atoms with Gasteiger partial charge in [-0.25, -0.2) is 4.98 Å². The summed E-state index contributed by atoms with van der Waals surface area (Å²) in [5.74, 6) is 0. The molecule has 1 rings (SSSR count). The first-order valence-corrected chi connectivity index (χ1v) is 5.59. The lowest BCUT2D eigenvalue weighted by atomic mass is 10.4. The standard InChI is InChI=1S/C7H10INO2S/c1-4(8)7-9-5(2-10)6(3-11)12-7/h4,10-11H,2-3H2,1H3. The van der Waals surface area contributed by atoms with Gasteiger partial charge in [0.25, 0.3) is 0 Å². The second kappa shape index (κ2) is 4.50. The smallest absolute Gasteiger partial charge is 0.106 e. The van der Waals surface area contributed by atoms with Crippen LogP contribution < -0.4 is 0 Å². The Bertz CT molecular complexity index is 240. The Morgan fingerprint density at radius 2 is 2.17 bits per heavy atom. The van der Waals surface area contributed by atoms with Crippen LogP contribution in [0.1, 0.15) is 26.4 Å². The van der Waals surface area contributed by atoms with E-state index < -0.39 is 0 Å². The molecule has 2 N–H and O–H groups in total. The van der Waals surface area contributed by atoms with Crippen LogP contribution in [0, 0.1) is 0 Å². The van der Waals surface area contributed by atoms with E-state index in [2.05, 4.69) is 27.6 Å². The molecule has 0 spiro atoms. The fourth-order valence-corrected chi connectivity index (χ4v) is 2.20. The summed E-state index contributed by atoms with van der Waals surface area (Å²) in [5.41, 5.74) is 0.612. The number of hydrogen-bond acceptors (Lipinski definition) is 4. The zero-order chi connectivity index (χ0) is 9.14. The van der Waals surface area contributed by atoms with Crippen molar-refractivity contribution in [3.63, 3.8) is 0 Å². The summed E-state index contributed by atoms with van der Waals surface area (Å²) in [5, 5.41) is 18.7. The summed E-state index contributed by atoms with van der Waals surface area (Å²) in [7, 11) is 0. The third-order valence-corrected chi connectivity index (χ3v) is 3.71. The molecule has 5 heteroatoms. The van der Waals surface area contributed by atoms with Crippen LogP contribution in [0.25, 0.3) is 0 Å². The fraction of sp³-hybridized carbons (Fsp3) is 0.571. The lowest BCUT2D eigenvalue weighted by Gasteiger charge is -1.93. The second-order valence-corrected chi connectivity index (χ2v) is 5.34. The predicted molar refractivity (Wildman–Crippen MR) is 56.4 cm³/mol. The van der Waals surface area contributed by atoms with Crippen molar-refractivity contribution in [3.05, 3.63) is 15.6 Å². The Kier molecular flexibility index (Phi) is 3.88. The van der Waals surface area contributed by atoms with E-state index in [9.17, 15) is 0 Å². The minimum Gasteiger partial charge on any atom is -0.391 e. The lowest BCUT2D eigenvalue weighted by molar-refractivity contribution is 0.259. The number of halogens is 1. The van der Waals surface area contributed by atoms with Crippen LogP contribution in [0.2, 0.25) is 0 Å². The summed E-state index contributed by atoms with van der Waals surface area (Å²) in [6, 6.07) is 0. The summed E-state index contributed by atoms with van der Waals surface area (Å²) in [6.07, 6.45) is 0. The SMILES string of the molecule is CC(I)c1nc(CO)c(CO)s1. The maximum Gasteiger partial charge on any atom is 0.106 e. The Hall–Kier alpha value is 0.280. The molecule has 12 heavy (non-hydrogen) atoms. The molecule has 0 aliphatic carbocycles. The molecular weight excluding hydrogens is 289 g/mol. The van der Waals surface area contributed by atoms with Gasteiger partial charge in [-0.1, -0.05) is 22.6 Å². The maximum atomic E-state index is 8.90. The molecule has 68 valence electrons. The number of rotatable bonds is 3. The van der Waals surface area contributed by atoms with Gasteiger partial charge in [0.15, 0.2) is 0 Å². The molecule has 3 nitrogen and oxygen atoms in total. The normalized spacial score (nSPS) is 13.3. The molecule has 0 amide bonds. The van der Waals surface area contributed by atoms with E-state index in [0.717, 1.165) is 9.88 Å². The highest BCUT2D eigenvalue weighted by Crippen LogP contribution is 2.29. The van der Waals surface area contributed by atoms with Crippen molar-refractivity contribution in [2.75, 3.05) is 0 Å². The Morgan fingerprint density at radius 1 is 1.50 bits per heavy atom. The molecule has 1 aromatic heterocycles. The number of hydrogen-bond donors (Lipinski definition) is 2. The van der Waals surface area contributed by atoms with Crippen LogP contribution in [0.3, 0.4) is 0 Å². The average molecular weight is 299 g/mol. The fourth-order valence-electron chi connectivity index (χ4n) is 0.821. The van der Waals surface area contributed by atoms with Gasteiger partial charge < -0.3 is 10.2 Å². The van der Waals surface area contributed by atoms with E-state index in [1.807, 2.05) is 6.92 Å². The van der Waals surface area contributed by atoms with Crippen LogP contribution in [0.5, 0.6) is 0 Å². The molecule has 0 aliphatic rings. The highest BCUT2D eigenvalue weighted by Gasteiger charge is 2.12. The van der Waals surface area contributed by atoms with Gasteiger partial charge in [0.1, 0.15) is 5.01 Å². The number of aromatic nitrogens is 1. The number of aliphatic hydroxyl groups excluding tert-OH is 2. The molecule has 1 atom stereocenters. The minimum atomic E-state index is -0.0875. The topological polar surface area (TPSA) is 53.4 Å². The van der Waals surface area contributed by atoms with Crippen molar-refractivity contribution in [2.45, 2.75) is 24.1 Å². The van der Waals surface area contributed by atoms with Gasteiger partial charge in [0.05, 0.1) is 27.7 Å². The number of thiazole rings is 1. The van der Waals surface area contributed by atoms with Gasteiger partial charge in [-0.3, -0.25) is 0 Å². The molecule has 0 saturated carbocycles. The quantitative estimate of drug-likeness (QED) is 0.659. The molecular formula is C7H10INO2S. The van der Waals surface area contributed by atoms with E-state index in [0.29, 0.717) is 9.62 Å². The molecule has 1 heterocycles. The average Bonchev–Trinajstić information content (AvgIpc) is 2.46. The monoisotopic (exact) mass is 299 g/mol. The molecule has 1 aromatic rings. The van der Waals surface area contributed by atoms with Gasteiger partial charge in [-0.05, 0) is 6.92 Å². The van der Waals surface area contributed by atoms with Gasteiger partial charge in [-0.15, -0.1) is 11.3 Å². The van der Waals surface area contributed by atoms with E-state index in [1.165, 1.54) is 11.3 Å². The Balaban J connectivity index is 2.97. The Morgan fingerprint density at radius 3 is 2.50 bits per heavy atom. The van der Waals surface area contributed by atoms with Gasteiger partial charge in [0, 0.05) is 0 Å². The van der Waals surface area contributed by atoms with Crippen LogP contribution in [0.15, 0.2) is 0 Å². The summed E-state index contributed by atoms with van der Waals surface area (Å²) in [4.78, 5) is 4.97. The molecule has 0 radical (unpaired) electrons. The third kappa shape index (κ3) is 2.15. The molecule has 0 bridgehead atoms. The summed E-state index contributed by atoms with van der Waals surface area (Å²) in [6.45, 7) is 1.91. The maximum absolute atomic E-state index is 8.90. The van der Waals surface area contributed by atoms with Crippen molar-refractivity contribution in [1.29, 1.82) is 0 Å². The van der Waals surface area contributed by atoms with Crippen molar-refractivity contribution in [1.82, 2.24) is 4.98 Å².